The number of aryl methyl sites for hydroxylation is 2. The first-order valence-electron chi connectivity index (χ1n) is 10.1. The molecule has 1 saturated carbocycles. The number of nitrogens with zero attached hydrogens (tertiary/aromatic N) is 4. The number of benzene rings is 1. The predicted octanol–water partition coefficient (Wildman–Crippen LogP) is 2.24. The van der Waals surface area contributed by atoms with Gasteiger partial charge >= 0.3 is 5.69 Å². The molecular weight excluding hydrogens is 370 g/mol. The highest BCUT2D eigenvalue weighted by Gasteiger charge is 2.22. The molecule has 2 heterocycles. The van der Waals surface area contributed by atoms with E-state index in [0.717, 1.165) is 28.5 Å². The lowest BCUT2D eigenvalue weighted by Gasteiger charge is -2.23. The van der Waals surface area contributed by atoms with Crippen LogP contribution in [0.2, 0.25) is 0 Å². The van der Waals surface area contributed by atoms with Gasteiger partial charge in [0.15, 0.2) is 11.2 Å². The minimum Gasteiger partial charge on any atom is -0.508 e. The van der Waals surface area contributed by atoms with E-state index >= 15 is 0 Å². The van der Waals surface area contributed by atoms with Gasteiger partial charge in [-0.1, -0.05) is 31.4 Å². The SMILES string of the molecule is Cc1cc(Cn2c(NC3CCCCC3)nc3c2c(=O)n(C)c(=O)n3C)ccc1O. The van der Waals surface area contributed by atoms with Crippen LogP contribution >= 0.6 is 0 Å². The lowest BCUT2D eigenvalue weighted by molar-refractivity contribution is 0.459. The molecule has 29 heavy (non-hydrogen) atoms. The Morgan fingerprint density at radius 3 is 2.55 bits per heavy atom. The third-order valence-electron chi connectivity index (χ3n) is 5.89. The number of anilines is 1. The second kappa shape index (κ2) is 7.42. The Hall–Kier alpha value is -3.03. The minimum atomic E-state index is -0.392. The van der Waals surface area contributed by atoms with Crippen molar-refractivity contribution >= 4 is 17.1 Å². The largest absolute Gasteiger partial charge is 0.508 e. The topological polar surface area (TPSA) is 94.1 Å². The molecular formula is C21H27N5O3. The molecule has 1 aliphatic rings. The summed E-state index contributed by atoms with van der Waals surface area (Å²) >= 11 is 0. The number of imidazole rings is 1. The zero-order valence-electron chi connectivity index (χ0n) is 17.1. The smallest absolute Gasteiger partial charge is 0.332 e. The van der Waals surface area contributed by atoms with Crippen LogP contribution in [0.5, 0.6) is 5.75 Å². The fourth-order valence-electron chi connectivity index (χ4n) is 4.14. The molecule has 0 saturated heterocycles. The Morgan fingerprint density at radius 2 is 1.86 bits per heavy atom. The molecule has 0 unspecified atom stereocenters. The summed E-state index contributed by atoms with van der Waals surface area (Å²) in [6.45, 7) is 2.26. The van der Waals surface area contributed by atoms with Crippen LogP contribution in [0, 0.1) is 6.92 Å². The Balaban J connectivity index is 1.88. The molecule has 2 aromatic heterocycles. The molecule has 1 aliphatic carbocycles. The minimum absolute atomic E-state index is 0.239. The monoisotopic (exact) mass is 397 g/mol. The van der Waals surface area contributed by atoms with Crippen molar-refractivity contribution in [2.45, 2.75) is 51.6 Å². The van der Waals surface area contributed by atoms with Gasteiger partial charge in [0, 0.05) is 20.1 Å². The van der Waals surface area contributed by atoms with E-state index in [0.29, 0.717) is 29.7 Å². The maximum atomic E-state index is 13.0. The van der Waals surface area contributed by atoms with Gasteiger partial charge in [0.25, 0.3) is 5.56 Å². The highest BCUT2D eigenvalue weighted by Crippen LogP contribution is 2.25. The number of nitrogens with one attached hydrogen (secondary N) is 1. The van der Waals surface area contributed by atoms with Gasteiger partial charge in [0.1, 0.15) is 5.75 Å². The maximum absolute atomic E-state index is 13.0. The molecule has 8 heteroatoms. The van der Waals surface area contributed by atoms with Crippen molar-refractivity contribution in [2.75, 3.05) is 5.32 Å². The van der Waals surface area contributed by atoms with Crippen molar-refractivity contribution in [1.29, 1.82) is 0 Å². The molecule has 1 aromatic carbocycles. The van der Waals surface area contributed by atoms with Gasteiger partial charge in [0.2, 0.25) is 5.95 Å². The van der Waals surface area contributed by atoms with Crippen LogP contribution in [0.4, 0.5) is 5.95 Å². The van der Waals surface area contributed by atoms with Gasteiger partial charge in [-0.15, -0.1) is 0 Å². The third-order valence-corrected chi connectivity index (χ3v) is 5.89. The summed E-state index contributed by atoms with van der Waals surface area (Å²) in [4.78, 5) is 30.0. The number of phenols is 1. The zero-order chi connectivity index (χ0) is 20.7. The van der Waals surface area contributed by atoms with Crippen molar-refractivity contribution < 1.29 is 5.11 Å². The third kappa shape index (κ3) is 3.43. The van der Waals surface area contributed by atoms with E-state index in [1.54, 1.807) is 13.1 Å². The van der Waals surface area contributed by atoms with Crippen molar-refractivity contribution in [2.24, 2.45) is 14.1 Å². The molecule has 3 aromatic rings. The summed E-state index contributed by atoms with van der Waals surface area (Å²) in [5, 5.41) is 13.4. The van der Waals surface area contributed by atoms with Gasteiger partial charge in [0.05, 0.1) is 6.54 Å². The van der Waals surface area contributed by atoms with Crippen LogP contribution in [0.15, 0.2) is 27.8 Å². The van der Waals surface area contributed by atoms with Crippen LogP contribution in [-0.2, 0) is 20.6 Å². The summed E-state index contributed by atoms with van der Waals surface area (Å²) in [5.74, 6) is 0.846. The Labute approximate surface area is 168 Å². The molecule has 2 N–H and O–H groups in total. The Kier molecular flexibility index (Phi) is 4.94. The number of phenolic OH excluding ortho intramolecular Hbond substituents is 1. The summed E-state index contributed by atoms with van der Waals surface area (Å²) < 4.78 is 4.39. The number of hydrogen-bond donors (Lipinski definition) is 2. The van der Waals surface area contributed by atoms with Gasteiger partial charge in [-0.2, -0.15) is 4.98 Å². The fourth-order valence-corrected chi connectivity index (χ4v) is 4.14. The van der Waals surface area contributed by atoms with Crippen molar-refractivity contribution in [3.05, 3.63) is 50.2 Å². The first-order chi connectivity index (χ1) is 13.9. The van der Waals surface area contributed by atoms with E-state index in [9.17, 15) is 14.7 Å². The zero-order valence-corrected chi connectivity index (χ0v) is 17.1. The van der Waals surface area contributed by atoms with Crippen molar-refractivity contribution in [3.63, 3.8) is 0 Å². The first-order valence-corrected chi connectivity index (χ1v) is 10.1. The number of aromatic nitrogens is 4. The number of hydrogen-bond acceptors (Lipinski definition) is 5. The molecule has 0 amide bonds. The number of aromatic hydroxyl groups is 1. The van der Waals surface area contributed by atoms with Crippen molar-refractivity contribution in [3.8, 4) is 5.75 Å². The average Bonchev–Trinajstić information content (AvgIpc) is 3.06. The highest BCUT2D eigenvalue weighted by atomic mass is 16.3. The van der Waals surface area contributed by atoms with Gasteiger partial charge in [-0.25, -0.2) is 4.79 Å². The van der Waals surface area contributed by atoms with Gasteiger partial charge < -0.3 is 10.4 Å². The lowest BCUT2D eigenvalue weighted by Crippen LogP contribution is -2.37. The molecule has 0 aliphatic heterocycles. The first kappa shape index (κ1) is 19.3. The summed E-state index contributed by atoms with van der Waals surface area (Å²) in [6, 6.07) is 5.70. The summed E-state index contributed by atoms with van der Waals surface area (Å²) in [6.07, 6.45) is 5.73. The van der Waals surface area contributed by atoms with Gasteiger partial charge in [-0.3, -0.25) is 18.5 Å². The van der Waals surface area contributed by atoms with Crippen molar-refractivity contribution in [1.82, 2.24) is 18.7 Å². The molecule has 0 radical (unpaired) electrons. The van der Waals surface area contributed by atoms with E-state index in [-0.39, 0.29) is 11.3 Å². The van der Waals surface area contributed by atoms with Crippen LogP contribution in [0.1, 0.15) is 43.2 Å². The second-order valence-electron chi connectivity index (χ2n) is 8.00. The van der Waals surface area contributed by atoms with Crippen LogP contribution in [0.3, 0.4) is 0 Å². The quantitative estimate of drug-likeness (QED) is 0.704. The highest BCUT2D eigenvalue weighted by molar-refractivity contribution is 5.74. The Morgan fingerprint density at radius 1 is 1.14 bits per heavy atom. The normalized spacial score (nSPS) is 15.1. The standard InChI is InChI=1S/C21H27N5O3/c1-13-11-14(9-10-16(13)27)12-26-17-18(24(2)21(29)25(3)19(17)28)23-20(26)22-15-7-5-4-6-8-15/h9-11,15,27H,4-8,12H2,1-3H3,(H,22,23). The van der Waals surface area contributed by atoms with E-state index in [2.05, 4.69) is 10.3 Å². The van der Waals surface area contributed by atoms with E-state index in [1.165, 1.54) is 30.9 Å². The fraction of sp³-hybridized carbons (Fsp3) is 0.476. The van der Waals surface area contributed by atoms with E-state index in [1.807, 2.05) is 23.6 Å². The predicted molar refractivity (Wildman–Crippen MR) is 113 cm³/mol. The molecule has 0 atom stereocenters. The molecule has 4 rings (SSSR count). The summed E-state index contributed by atoms with van der Waals surface area (Å²) in [7, 11) is 3.12. The average molecular weight is 397 g/mol. The second-order valence-corrected chi connectivity index (χ2v) is 8.00. The molecule has 0 spiro atoms. The van der Waals surface area contributed by atoms with Gasteiger partial charge in [-0.05, 0) is 37.0 Å². The van der Waals surface area contributed by atoms with Crippen LogP contribution in [-0.4, -0.2) is 29.8 Å². The summed E-state index contributed by atoms with van der Waals surface area (Å²) in [5.41, 5.74) is 1.75. The molecule has 154 valence electrons. The van der Waals surface area contributed by atoms with E-state index in [4.69, 9.17) is 0 Å². The van der Waals surface area contributed by atoms with Crippen LogP contribution < -0.4 is 16.6 Å². The van der Waals surface area contributed by atoms with E-state index < -0.39 is 5.69 Å². The van der Waals surface area contributed by atoms with Crippen LogP contribution in [0.25, 0.3) is 11.2 Å². The molecule has 0 bridgehead atoms. The Bertz CT molecular complexity index is 1180. The maximum Gasteiger partial charge on any atom is 0.332 e. The number of fused-ring (bicyclic) bond motifs is 1. The lowest BCUT2D eigenvalue weighted by atomic mass is 9.96. The number of rotatable bonds is 4. The molecule has 8 nitrogen and oxygen atoms in total. The molecule has 1 fully saturated rings.